The predicted molar refractivity (Wildman–Crippen MR) is 112 cm³/mol. The van der Waals surface area contributed by atoms with Crippen LogP contribution in [0.2, 0.25) is 0 Å². The van der Waals surface area contributed by atoms with Crippen molar-refractivity contribution in [2.75, 3.05) is 20.2 Å². The summed E-state index contributed by atoms with van der Waals surface area (Å²) in [6.45, 7) is 2.94. The molecule has 6 nitrogen and oxygen atoms in total. The second-order valence-corrected chi connectivity index (χ2v) is 7.76. The van der Waals surface area contributed by atoms with Crippen LogP contribution in [0, 0.1) is 0 Å². The summed E-state index contributed by atoms with van der Waals surface area (Å²) in [5.41, 5.74) is 2.26. The SMILES string of the molecule is COc1ccccc1C1CC(c2ccccc2O)=NC2(CCN(C(C)=O)CC2)N1. The number of amides is 1. The number of phenols is 1. The maximum atomic E-state index is 11.8. The Morgan fingerprint density at radius 3 is 2.55 bits per heavy atom. The van der Waals surface area contributed by atoms with E-state index in [9.17, 15) is 9.90 Å². The number of aromatic hydroxyl groups is 1. The standard InChI is InChI=1S/C23H27N3O3/c1-16(27)26-13-11-23(12-14-26)24-19(17-7-3-5-9-21(17)28)15-20(25-23)18-8-4-6-10-22(18)29-2/h3-10,20,25,28H,11-15H2,1-2H3. The van der Waals surface area contributed by atoms with Crippen molar-refractivity contribution >= 4 is 11.6 Å². The van der Waals surface area contributed by atoms with Gasteiger partial charge in [-0.2, -0.15) is 0 Å². The zero-order valence-electron chi connectivity index (χ0n) is 16.9. The van der Waals surface area contributed by atoms with Crippen LogP contribution >= 0.6 is 0 Å². The molecule has 1 atom stereocenters. The lowest BCUT2D eigenvalue weighted by Crippen LogP contribution is -2.56. The first kappa shape index (κ1) is 19.5. The molecule has 2 heterocycles. The number of piperidine rings is 1. The van der Waals surface area contributed by atoms with E-state index in [0.29, 0.717) is 19.5 Å². The van der Waals surface area contributed by atoms with Gasteiger partial charge in [-0.05, 0) is 18.2 Å². The Kier molecular flexibility index (Phi) is 5.28. The van der Waals surface area contributed by atoms with E-state index < -0.39 is 5.66 Å². The summed E-state index contributed by atoms with van der Waals surface area (Å²) in [5.74, 6) is 1.17. The first-order valence-corrected chi connectivity index (χ1v) is 10.0. The molecule has 29 heavy (non-hydrogen) atoms. The number of hydrogen-bond acceptors (Lipinski definition) is 5. The number of benzene rings is 2. The molecule has 1 fully saturated rings. The molecule has 0 aromatic heterocycles. The van der Waals surface area contributed by atoms with Crippen LogP contribution in [-0.4, -0.2) is 47.5 Å². The fourth-order valence-electron chi connectivity index (χ4n) is 4.38. The topological polar surface area (TPSA) is 74.2 Å². The van der Waals surface area contributed by atoms with Crippen molar-refractivity contribution in [3.8, 4) is 11.5 Å². The molecular weight excluding hydrogens is 366 g/mol. The van der Waals surface area contributed by atoms with Gasteiger partial charge in [-0.1, -0.05) is 30.3 Å². The molecule has 1 unspecified atom stereocenters. The first-order chi connectivity index (χ1) is 14.0. The van der Waals surface area contributed by atoms with Crippen LogP contribution in [0.1, 0.15) is 43.4 Å². The summed E-state index contributed by atoms with van der Waals surface area (Å²) in [5, 5.41) is 14.2. The molecule has 1 spiro atoms. The van der Waals surface area contributed by atoms with Crippen molar-refractivity contribution in [1.82, 2.24) is 10.2 Å². The lowest BCUT2D eigenvalue weighted by molar-refractivity contribution is -0.130. The van der Waals surface area contributed by atoms with Crippen LogP contribution in [0.15, 0.2) is 53.5 Å². The monoisotopic (exact) mass is 393 g/mol. The van der Waals surface area contributed by atoms with Crippen molar-refractivity contribution in [1.29, 1.82) is 0 Å². The van der Waals surface area contributed by atoms with Crippen LogP contribution in [0.4, 0.5) is 0 Å². The Balaban J connectivity index is 1.73. The zero-order valence-corrected chi connectivity index (χ0v) is 16.9. The largest absolute Gasteiger partial charge is 0.507 e. The number of rotatable bonds is 3. The average Bonchev–Trinajstić information content (AvgIpc) is 2.74. The third kappa shape index (κ3) is 3.85. The van der Waals surface area contributed by atoms with E-state index in [1.807, 2.05) is 41.3 Å². The van der Waals surface area contributed by atoms with Crippen molar-refractivity contribution in [3.63, 3.8) is 0 Å². The molecule has 4 rings (SSSR count). The summed E-state index contributed by atoms with van der Waals surface area (Å²) in [6.07, 6.45) is 2.11. The highest BCUT2D eigenvalue weighted by atomic mass is 16.5. The molecule has 0 aliphatic carbocycles. The fraction of sp³-hybridized carbons (Fsp3) is 0.391. The highest BCUT2D eigenvalue weighted by Crippen LogP contribution is 2.38. The normalized spacial score (nSPS) is 21.0. The van der Waals surface area contributed by atoms with Gasteiger partial charge in [-0.3, -0.25) is 15.1 Å². The van der Waals surface area contributed by atoms with Crippen LogP contribution in [0.5, 0.6) is 11.5 Å². The summed E-state index contributed by atoms with van der Waals surface area (Å²) in [6, 6.07) is 15.4. The second-order valence-electron chi connectivity index (χ2n) is 7.76. The summed E-state index contributed by atoms with van der Waals surface area (Å²) >= 11 is 0. The highest BCUT2D eigenvalue weighted by molar-refractivity contribution is 6.03. The predicted octanol–water partition coefficient (Wildman–Crippen LogP) is 3.26. The van der Waals surface area contributed by atoms with Gasteiger partial charge in [0.2, 0.25) is 5.91 Å². The van der Waals surface area contributed by atoms with E-state index in [4.69, 9.17) is 9.73 Å². The van der Waals surface area contributed by atoms with E-state index in [2.05, 4.69) is 11.4 Å². The van der Waals surface area contributed by atoms with E-state index in [1.54, 1.807) is 20.1 Å². The number of para-hydroxylation sites is 2. The smallest absolute Gasteiger partial charge is 0.219 e. The van der Waals surface area contributed by atoms with Gasteiger partial charge in [0.05, 0.1) is 7.11 Å². The first-order valence-electron chi connectivity index (χ1n) is 10.0. The van der Waals surface area contributed by atoms with Crippen LogP contribution in [0.3, 0.4) is 0 Å². The van der Waals surface area contributed by atoms with Gasteiger partial charge >= 0.3 is 0 Å². The number of phenolic OH excluding ortho intramolecular Hbond substituents is 1. The average molecular weight is 393 g/mol. The molecule has 1 amide bonds. The summed E-state index contributed by atoms with van der Waals surface area (Å²) in [4.78, 5) is 18.8. The number of hydrogen-bond donors (Lipinski definition) is 2. The van der Waals surface area contributed by atoms with Crippen molar-refractivity contribution in [2.24, 2.45) is 4.99 Å². The lowest BCUT2D eigenvalue weighted by atomic mass is 9.87. The lowest BCUT2D eigenvalue weighted by Gasteiger charge is -2.45. The van der Waals surface area contributed by atoms with E-state index in [-0.39, 0.29) is 17.7 Å². The number of likely N-dealkylation sites (tertiary alicyclic amines) is 1. The Labute approximate surface area is 171 Å². The number of ether oxygens (including phenoxy) is 1. The van der Waals surface area contributed by atoms with Crippen LogP contribution in [0.25, 0.3) is 0 Å². The Bertz CT molecular complexity index is 932. The van der Waals surface area contributed by atoms with Crippen molar-refractivity contribution in [2.45, 2.75) is 37.9 Å². The summed E-state index contributed by atoms with van der Waals surface area (Å²) in [7, 11) is 1.68. The number of carbonyl (C=O) groups excluding carboxylic acids is 1. The molecule has 2 N–H and O–H groups in total. The summed E-state index contributed by atoms with van der Waals surface area (Å²) < 4.78 is 5.61. The molecule has 2 aromatic carbocycles. The van der Waals surface area contributed by atoms with Crippen LogP contribution in [-0.2, 0) is 4.79 Å². The van der Waals surface area contributed by atoms with Gasteiger partial charge in [-0.25, -0.2) is 0 Å². The number of aliphatic imine (C=N–C) groups is 1. The highest BCUT2D eigenvalue weighted by Gasteiger charge is 2.41. The molecule has 1 saturated heterocycles. The zero-order chi connectivity index (χ0) is 20.4. The van der Waals surface area contributed by atoms with Crippen molar-refractivity contribution < 1.29 is 14.6 Å². The van der Waals surface area contributed by atoms with E-state index >= 15 is 0 Å². The molecule has 0 radical (unpaired) electrons. The molecule has 2 aromatic rings. The fourth-order valence-corrected chi connectivity index (χ4v) is 4.38. The van der Waals surface area contributed by atoms with Gasteiger partial charge in [0.25, 0.3) is 0 Å². The maximum absolute atomic E-state index is 11.8. The molecular formula is C23H27N3O3. The Morgan fingerprint density at radius 1 is 1.17 bits per heavy atom. The number of carbonyl (C=O) groups is 1. The number of methoxy groups -OCH3 is 1. The Morgan fingerprint density at radius 2 is 1.86 bits per heavy atom. The van der Waals surface area contributed by atoms with Crippen molar-refractivity contribution in [3.05, 3.63) is 59.7 Å². The second kappa shape index (κ2) is 7.87. The minimum Gasteiger partial charge on any atom is -0.507 e. The third-order valence-corrected chi connectivity index (χ3v) is 5.95. The third-order valence-electron chi connectivity index (χ3n) is 5.95. The maximum Gasteiger partial charge on any atom is 0.219 e. The molecule has 6 heteroatoms. The van der Waals surface area contributed by atoms with Gasteiger partial charge in [0.15, 0.2) is 0 Å². The van der Waals surface area contributed by atoms with Gasteiger partial charge in [0, 0.05) is 62.2 Å². The molecule has 2 aliphatic rings. The van der Waals surface area contributed by atoms with Crippen LogP contribution < -0.4 is 10.1 Å². The van der Waals surface area contributed by atoms with Gasteiger partial charge < -0.3 is 14.7 Å². The Hall–Kier alpha value is -2.86. The quantitative estimate of drug-likeness (QED) is 0.839. The van der Waals surface area contributed by atoms with E-state index in [0.717, 1.165) is 35.4 Å². The van der Waals surface area contributed by atoms with Gasteiger partial charge in [-0.15, -0.1) is 0 Å². The molecule has 2 aliphatic heterocycles. The molecule has 152 valence electrons. The number of nitrogens with zero attached hydrogens (tertiary/aromatic N) is 2. The molecule has 0 bridgehead atoms. The van der Waals surface area contributed by atoms with Gasteiger partial charge in [0.1, 0.15) is 17.2 Å². The number of nitrogens with one attached hydrogen (secondary N) is 1. The molecule has 0 saturated carbocycles. The van der Waals surface area contributed by atoms with E-state index in [1.165, 1.54) is 0 Å². The minimum atomic E-state index is -0.465. The minimum absolute atomic E-state index is 0.00198.